The summed E-state index contributed by atoms with van der Waals surface area (Å²) in [5.74, 6) is 0. The summed E-state index contributed by atoms with van der Waals surface area (Å²) in [6.07, 6.45) is -0.208. The Morgan fingerprint density at radius 3 is 2.14 bits per heavy atom. The molecule has 1 aliphatic heterocycles. The Balaban J connectivity index is 2.44. The molecule has 5 heteroatoms. The van der Waals surface area contributed by atoms with Gasteiger partial charge in [0.2, 0.25) is 0 Å². The van der Waals surface area contributed by atoms with E-state index in [0.717, 1.165) is 0 Å². The van der Waals surface area contributed by atoms with Crippen molar-refractivity contribution in [1.82, 2.24) is 0 Å². The Hall–Kier alpha value is -0.840. The van der Waals surface area contributed by atoms with Crippen LogP contribution in [-0.4, -0.2) is 12.7 Å². The van der Waals surface area contributed by atoms with E-state index in [-0.39, 0.29) is 6.17 Å². The third-order valence-corrected chi connectivity index (χ3v) is 0.621. The molecule has 0 amide bonds. The topological polar surface area (TPSA) is 75.5 Å². The van der Waals surface area contributed by atoms with Gasteiger partial charge in [0.15, 0.2) is 6.17 Å². The first-order valence-corrected chi connectivity index (χ1v) is 1.93. The van der Waals surface area contributed by atoms with Crippen LogP contribution in [0.1, 0.15) is 0 Å². The van der Waals surface area contributed by atoms with Crippen molar-refractivity contribution in [1.29, 1.82) is 0 Å². The molecule has 7 heavy (non-hydrogen) atoms. The van der Waals surface area contributed by atoms with Crippen LogP contribution >= 0.6 is 0 Å². The van der Waals surface area contributed by atoms with Gasteiger partial charge in [0.25, 0.3) is 0 Å². The molecule has 0 saturated carbocycles. The molecule has 0 aliphatic carbocycles. The van der Waals surface area contributed by atoms with Crippen LogP contribution in [0, 0.1) is 0 Å². The summed E-state index contributed by atoms with van der Waals surface area (Å²) in [4.78, 5) is 0. The molecule has 0 saturated heterocycles. The van der Waals surface area contributed by atoms with Gasteiger partial charge in [-0.2, -0.15) is 0 Å². The zero-order chi connectivity index (χ0) is 5.11. The number of nitrogens with two attached hydrogens (primary N) is 1. The minimum Gasteiger partial charge on any atom is -0.327 e. The number of hydrogen-bond acceptors (Lipinski definition) is 5. The highest BCUT2D eigenvalue weighted by molar-refractivity contribution is 4.60. The van der Waals surface area contributed by atoms with Crippen LogP contribution in [0.3, 0.4) is 0 Å². The van der Waals surface area contributed by atoms with Crippen LogP contribution < -0.4 is 5.73 Å². The molecule has 0 spiro atoms. The SMILES string of the molecule is NCC1N=NN=N1. The fourth-order valence-corrected chi connectivity index (χ4v) is 0.283. The average molecular weight is 99.1 g/mol. The van der Waals surface area contributed by atoms with Gasteiger partial charge in [0.1, 0.15) is 0 Å². The second kappa shape index (κ2) is 1.74. The fourth-order valence-electron chi connectivity index (χ4n) is 0.283. The standard InChI is InChI=1S/C2H5N5/c3-1-2-4-6-7-5-2/h2H,1,3H2. The predicted molar refractivity (Wildman–Crippen MR) is 22.6 cm³/mol. The van der Waals surface area contributed by atoms with E-state index >= 15 is 0 Å². The maximum absolute atomic E-state index is 5.13. The van der Waals surface area contributed by atoms with Crippen LogP contribution in [0.25, 0.3) is 0 Å². The zero-order valence-electron chi connectivity index (χ0n) is 3.65. The predicted octanol–water partition coefficient (Wildman–Crippen LogP) is 0.104. The van der Waals surface area contributed by atoms with Gasteiger partial charge < -0.3 is 5.73 Å². The fraction of sp³-hybridized carbons (Fsp3) is 1.00. The van der Waals surface area contributed by atoms with E-state index in [0.29, 0.717) is 6.54 Å². The van der Waals surface area contributed by atoms with Gasteiger partial charge in [0.05, 0.1) is 0 Å². The van der Waals surface area contributed by atoms with E-state index in [1.54, 1.807) is 0 Å². The van der Waals surface area contributed by atoms with Gasteiger partial charge in [-0.25, -0.2) is 0 Å². The van der Waals surface area contributed by atoms with E-state index in [2.05, 4.69) is 20.7 Å². The van der Waals surface area contributed by atoms with Crippen LogP contribution in [0.2, 0.25) is 0 Å². The van der Waals surface area contributed by atoms with E-state index in [1.807, 2.05) is 0 Å². The highest BCUT2D eigenvalue weighted by atomic mass is 15.6. The average Bonchev–Trinajstić information content (AvgIpc) is 2.14. The summed E-state index contributed by atoms with van der Waals surface area (Å²) in [6, 6.07) is 0. The summed E-state index contributed by atoms with van der Waals surface area (Å²) < 4.78 is 0. The minimum absolute atomic E-state index is 0.208. The van der Waals surface area contributed by atoms with Gasteiger partial charge in [-0.1, -0.05) is 0 Å². The monoisotopic (exact) mass is 99.1 g/mol. The summed E-state index contributed by atoms with van der Waals surface area (Å²) >= 11 is 0. The minimum atomic E-state index is -0.208. The quantitative estimate of drug-likeness (QED) is 0.497. The Morgan fingerprint density at radius 2 is 1.86 bits per heavy atom. The van der Waals surface area contributed by atoms with Gasteiger partial charge >= 0.3 is 0 Å². The lowest BCUT2D eigenvalue weighted by atomic mass is 10.6. The van der Waals surface area contributed by atoms with Crippen molar-refractivity contribution >= 4 is 0 Å². The molecule has 0 radical (unpaired) electrons. The van der Waals surface area contributed by atoms with E-state index < -0.39 is 0 Å². The highest BCUT2D eigenvalue weighted by Gasteiger charge is 2.03. The number of rotatable bonds is 1. The summed E-state index contributed by atoms with van der Waals surface area (Å²) in [7, 11) is 0. The second-order valence-corrected chi connectivity index (χ2v) is 1.13. The zero-order valence-corrected chi connectivity index (χ0v) is 3.65. The Labute approximate surface area is 40.3 Å². The third kappa shape index (κ3) is 0.774. The Morgan fingerprint density at radius 1 is 1.29 bits per heavy atom. The van der Waals surface area contributed by atoms with Crippen LogP contribution in [0.5, 0.6) is 0 Å². The molecule has 38 valence electrons. The lowest BCUT2D eigenvalue weighted by Gasteiger charge is -1.87. The molecule has 5 nitrogen and oxygen atoms in total. The third-order valence-electron chi connectivity index (χ3n) is 0.621. The van der Waals surface area contributed by atoms with Crippen molar-refractivity contribution < 1.29 is 0 Å². The van der Waals surface area contributed by atoms with E-state index in [9.17, 15) is 0 Å². The molecular weight excluding hydrogens is 94.1 g/mol. The summed E-state index contributed by atoms with van der Waals surface area (Å²) in [6.45, 7) is 0.396. The van der Waals surface area contributed by atoms with Crippen LogP contribution in [0.15, 0.2) is 20.7 Å². The van der Waals surface area contributed by atoms with Crippen molar-refractivity contribution in [3.05, 3.63) is 0 Å². The number of nitrogens with zero attached hydrogens (tertiary/aromatic N) is 4. The van der Waals surface area contributed by atoms with E-state index in [4.69, 9.17) is 5.73 Å². The lowest BCUT2D eigenvalue weighted by molar-refractivity contribution is 0.712. The normalized spacial score (nSPS) is 19.0. The molecule has 1 rings (SSSR count). The van der Waals surface area contributed by atoms with Crippen LogP contribution in [-0.2, 0) is 0 Å². The molecule has 1 heterocycles. The molecule has 2 N–H and O–H groups in total. The summed E-state index contributed by atoms with van der Waals surface area (Å²) in [5.41, 5.74) is 5.13. The van der Waals surface area contributed by atoms with Crippen molar-refractivity contribution in [2.24, 2.45) is 26.4 Å². The van der Waals surface area contributed by atoms with Crippen molar-refractivity contribution in [2.45, 2.75) is 6.17 Å². The molecule has 0 aromatic carbocycles. The molecule has 0 fully saturated rings. The van der Waals surface area contributed by atoms with Crippen molar-refractivity contribution in [3.8, 4) is 0 Å². The maximum Gasteiger partial charge on any atom is 0.197 e. The van der Waals surface area contributed by atoms with Gasteiger partial charge in [-0.15, -0.1) is 10.2 Å². The molecular formula is C2H5N5. The number of hydrogen-bond donors (Lipinski definition) is 1. The highest BCUT2D eigenvalue weighted by Crippen LogP contribution is 2.00. The van der Waals surface area contributed by atoms with E-state index in [1.165, 1.54) is 0 Å². The molecule has 1 aliphatic rings. The molecule has 0 aromatic heterocycles. The maximum atomic E-state index is 5.13. The van der Waals surface area contributed by atoms with Crippen molar-refractivity contribution in [2.75, 3.05) is 6.54 Å². The first kappa shape index (κ1) is 4.32. The molecule has 0 unspecified atom stereocenters. The van der Waals surface area contributed by atoms with Crippen LogP contribution in [0.4, 0.5) is 0 Å². The first-order chi connectivity index (χ1) is 3.43. The largest absolute Gasteiger partial charge is 0.327 e. The van der Waals surface area contributed by atoms with Gasteiger partial charge in [-0.3, -0.25) is 0 Å². The van der Waals surface area contributed by atoms with Gasteiger partial charge in [0, 0.05) is 6.54 Å². The summed E-state index contributed by atoms with van der Waals surface area (Å²) in [5, 5.41) is 13.5. The Kier molecular flexibility index (Phi) is 1.08. The first-order valence-electron chi connectivity index (χ1n) is 1.93. The smallest absolute Gasteiger partial charge is 0.197 e. The Bertz CT molecular complexity index is 92.6. The molecule has 0 bridgehead atoms. The van der Waals surface area contributed by atoms with Gasteiger partial charge in [-0.05, 0) is 10.4 Å². The molecule has 0 aromatic rings. The second-order valence-electron chi connectivity index (χ2n) is 1.13. The molecule has 0 atom stereocenters. The lowest BCUT2D eigenvalue weighted by Crippen LogP contribution is -2.12. The van der Waals surface area contributed by atoms with Crippen molar-refractivity contribution in [3.63, 3.8) is 0 Å².